The number of benzene rings is 1. The van der Waals surface area contributed by atoms with Crippen molar-refractivity contribution in [3.63, 3.8) is 0 Å². The molecule has 19 heavy (non-hydrogen) atoms. The van der Waals surface area contributed by atoms with E-state index in [1.165, 1.54) is 0 Å². The number of halogens is 2. The predicted molar refractivity (Wildman–Crippen MR) is 81.2 cm³/mol. The molecular weight excluding hydrogens is 330 g/mol. The van der Waals surface area contributed by atoms with E-state index in [0.29, 0.717) is 11.6 Å². The van der Waals surface area contributed by atoms with Gasteiger partial charge in [0, 0.05) is 24.0 Å². The van der Waals surface area contributed by atoms with Crippen molar-refractivity contribution in [2.24, 2.45) is 0 Å². The molecule has 0 radical (unpaired) electrons. The molecule has 2 rings (SSSR count). The third kappa shape index (κ3) is 3.49. The molecule has 0 saturated heterocycles. The van der Waals surface area contributed by atoms with Crippen LogP contribution in [0.1, 0.15) is 13.0 Å². The zero-order valence-corrected chi connectivity index (χ0v) is 13.1. The Balaban J connectivity index is 2.21. The van der Waals surface area contributed by atoms with Gasteiger partial charge in [-0.15, -0.1) is 0 Å². The van der Waals surface area contributed by atoms with Crippen molar-refractivity contribution in [1.29, 1.82) is 0 Å². The van der Waals surface area contributed by atoms with Gasteiger partial charge in [0.15, 0.2) is 0 Å². The number of rotatable bonds is 5. The van der Waals surface area contributed by atoms with E-state index in [1.54, 1.807) is 13.3 Å². The molecule has 0 aliphatic rings. The molecule has 0 aliphatic carbocycles. The fourth-order valence-electron chi connectivity index (χ4n) is 1.80. The first-order chi connectivity index (χ1) is 9.11. The van der Waals surface area contributed by atoms with Gasteiger partial charge in [-0.25, -0.2) is 4.98 Å². The number of ether oxygens (including phenoxy) is 1. The maximum Gasteiger partial charge on any atom is 0.207 e. The van der Waals surface area contributed by atoms with E-state index < -0.39 is 0 Å². The van der Waals surface area contributed by atoms with Crippen molar-refractivity contribution in [3.05, 3.63) is 40.1 Å². The molecule has 0 bridgehead atoms. The van der Waals surface area contributed by atoms with E-state index in [9.17, 15) is 0 Å². The molecule has 0 saturated carbocycles. The van der Waals surface area contributed by atoms with E-state index in [4.69, 9.17) is 16.3 Å². The maximum absolute atomic E-state index is 6.19. The van der Waals surface area contributed by atoms with Crippen LogP contribution >= 0.6 is 27.5 Å². The molecule has 6 heteroatoms. The van der Waals surface area contributed by atoms with Crippen LogP contribution < -0.4 is 5.32 Å². The number of anilines is 2. The van der Waals surface area contributed by atoms with E-state index in [0.717, 1.165) is 16.1 Å². The minimum atomic E-state index is 0.198. The van der Waals surface area contributed by atoms with Gasteiger partial charge in [0.05, 0.1) is 23.4 Å². The largest absolute Gasteiger partial charge is 0.383 e. The summed E-state index contributed by atoms with van der Waals surface area (Å²) in [6.07, 6.45) is 3.67. The lowest BCUT2D eigenvalue weighted by molar-refractivity contribution is 0.163. The van der Waals surface area contributed by atoms with Crippen LogP contribution in [0, 0.1) is 0 Å². The van der Waals surface area contributed by atoms with Gasteiger partial charge in [-0.05, 0) is 25.1 Å². The Bertz CT molecular complexity index is 559. The summed E-state index contributed by atoms with van der Waals surface area (Å²) in [4.78, 5) is 4.30. The normalized spacial score (nSPS) is 12.4. The van der Waals surface area contributed by atoms with Crippen molar-refractivity contribution < 1.29 is 4.74 Å². The number of imidazole rings is 1. The van der Waals surface area contributed by atoms with Crippen LogP contribution in [0.5, 0.6) is 0 Å². The second-order valence-corrected chi connectivity index (χ2v) is 5.53. The average Bonchev–Trinajstić information content (AvgIpc) is 2.81. The first-order valence-corrected chi connectivity index (χ1v) is 7.02. The first-order valence-electron chi connectivity index (χ1n) is 5.85. The lowest BCUT2D eigenvalue weighted by Gasteiger charge is -2.16. The number of nitrogens with one attached hydrogen (secondary N) is 1. The SMILES string of the molecule is COCC(C)n1ccnc1Nc1ccc(Br)cc1Cl. The molecule has 1 atom stereocenters. The van der Waals surface area contributed by atoms with Crippen molar-refractivity contribution in [2.75, 3.05) is 19.0 Å². The Hall–Kier alpha value is -1.04. The van der Waals surface area contributed by atoms with Gasteiger partial charge in [-0.2, -0.15) is 0 Å². The average molecular weight is 345 g/mol. The van der Waals surface area contributed by atoms with Gasteiger partial charge >= 0.3 is 0 Å². The van der Waals surface area contributed by atoms with E-state index in [2.05, 4.69) is 33.2 Å². The van der Waals surface area contributed by atoms with Gasteiger partial charge in [0.1, 0.15) is 0 Å². The first kappa shape index (κ1) is 14.4. The Labute approximate surface area is 125 Å². The molecule has 1 heterocycles. The molecule has 1 aromatic heterocycles. The summed E-state index contributed by atoms with van der Waals surface area (Å²) in [5.74, 6) is 0.744. The Morgan fingerprint density at radius 1 is 1.53 bits per heavy atom. The Morgan fingerprint density at radius 3 is 3.00 bits per heavy atom. The summed E-state index contributed by atoms with van der Waals surface area (Å²) < 4.78 is 8.12. The fraction of sp³-hybridized carbons (Fsp3) is 0.308. The second kappa shape index (κ2) is 6.41. The number of nitrogens with zero attached hydrogens (tertiary/aromatic N) is 2. The van der Waals surface area contributed by atoms with Crippen LogP contribution in [0.4, 0.5) is 11.6 Å². The van der Waals surface area contributed by atoms with Crippen LogP contribution in [0.2, 0.25) is 5.02 Å². The molecule has 0 spiro atoms. The third-order valence-electron chi connectivity index (χ3n) is 2.73. The van der Waals surface area contributed by atoms with Crippen LogP contribution in [-0.4, -0.2) is 23.3 Å². The van der Waals surface area contributed by atoms with Crippen LogP contribution in [0.3, 0.4) is 0 Å². The maximum atomic E-state index is 6.19. The highest BCUT2D eigenvalue weighted by molar-refractivity contribution is 9.10. The highest BCUT2D eigenvalue weighted by Crippen LogP contribution is 2.28. The van der Waals surface area contributed by atoms with Crippen LogP contribution in [0.15, 0.2) is 35.1 Å². The van der Waals surface area contributed by atoms with Crippen molar-refractivity contribution in [2.45, 2.75) is 13.0 Å². The summed E-state index contributed by atoms with van der Waals surface area (Å²) in [5.41, 5.74) is 0.821. The molecule has 0 amide bonds. The van der Waals surface area contributed by atoms with E-state index in [-0.39, 0.29) is 6.04 Å². The Morgan fingerprint density at radius 2 is 2.32 bits per heavy atom. The van der Waals surface area contributed by atoms with Crippen LogP contribution in [-0.2, 0) is 4.74 Å². The van der Waals surface area contributed by atoms with Crippen LogP contribution in [0.25, 0.3) is 0 Å². The quantitative estimate of drug-likeness (QED) is 0.881. The Kier molecular flexibility index (Phi) is 4.85. The summed E-state index contributed by atoms with van der Waals surface area (Å²) in [6.45, 7) is 2.69. The molecule has 1 unspecified atom stereocenters. The third-order valence-corrected chi connectivity index (χ3v) is 3.53. The van der Waals surface area contributed by atoms with Crippen molar-refractivity contribution in [1.82, 2.24) is 9.55 Å². The summed E-state index contributed by atoms with van der Waals surface area (Å²) in [7, 11) is 1.69. The number of aromatic nitrogens is 2. The van der Waals surface area contributed by atoms with E-state index in [1.807, 2.05) is 29.0 Å². The number of methoxy groups -OCH3 is 1. The van der Waals surface area contributed by atoms with E-state index >= 15 is 0 Å². The zero-order valence-electron chi connectivity index (χ0n) is 10.7. The van der Waals surface area contributed by atoms with Gasteiger partial charge in [-0.3, -0.25) is 0 Å². The molecule has 0 fully saturated rings. The van der Waals surface area contributed by atoms with Gasteiger partial charge in [0.2, 0.25) is 5.95 Å². The molecule has 2 aromatic rings. The topological polar surface area (TPSA) is 39.1 Å². The minimum absolute atomic E-state index is 0.198. The second-order valence-electron chi connectivity index (χ2n) is 4.21. The monoisotopic (exact) mass is 343 g/mol. The summed E-state index contributed by atoms with van der Waals surface area (Å²) in [6, 6.07) is 5.88. The molecule has 4 nitrogen and oxygen atoms in total. The minimum Gasteiger partial charge on any atom is -0.383 e. The van der Waals surface area contributed by atoms with Crippen molar-refractivity contribution >= 4 is 39.2 Å². The summed E-state index contributed by atoms with van der Waals surface area (Å²) >= 11 is 9.57. The predicted octanol–water partition coefficient (Wildman–Crippen LogP) is 4.25. The lowest BCUT2D eigenvalue weighted by atomic mass is 10.3. The zero-order chi connectivity index (χ0) is 13.8. The highest BCUT2D eigenvalue weighted by atomic mass is 79.9. The smallest absolute Gasteiger partial charge is 0.207 e. The molecular formula is C13H15BrClN3O. The number of hydrogen-bond donors (Lipinski definition) is 1. The van der Waals surface area contributed by atoms with Crippen molar-refractivity contribution in [3.8, 4) is 0 Å². The highest BCUT2D eigenvalue weighted by Gasteiger charge is 2.11. The standard InChI is InChI=1S/C13H15BrClN3O/c1-9(8-19-2)18-6-5-16-13(18)17-12-4-3-10(14)7-11(12)15/h3-7,9H,8H2,1-2H3,(H,16,17). The van der Waals surface area contributed by atoms with Gasteiger partial charge in [-0.1, -0.05) is 27.5 Å². The molecule has 0 aliphatic heterocycles. The molecule has 1 N–H and O–H groups in total. The van der Waals surface area contributed by atoms with Gasteiger partial charge in [0.25, 0.3) is 0 Å². The summed E-state index contributed by atoms with van der Waals surface area (Å²) in [5, 5.41) is 3.87. The molecule has 1 aromatic carbocycles. The lowest BCUT2D eigenvalue weighted by Crippen LogP contribution is -2.12. The van der Waals surface area contributed by atoms with Gasteiger partial charge < -0.3 is 14.6 Å². The molecule has 102 valence electrons. The fourth-order valence-corrected chi connectivity index (χ4v) is 2.52. The number of hydrogen-bond acceptors (Lipinski definition) is 3.